The fourth-order valence-corrected chi connectivity index (χ4v) is 1.74. The van der Waals surface area contributed by atoms with E-state index in [2.05, 4.69) is 16.8 Å². The summed E-state index contributed by atoms with van der Waals surface area (Å²) in [5.41, 5.74) is 3.04. The van der Waals surface area contributed by atoms with Crippen molar-refractivity contribution in [2.24, 2.45) is 7.05 Å². The van der Waals surface area contributed by atoms with E-state index in [9.17, 15) is 4.79 Å². The number of Topliss-reactive ketones (excluding diaryl/α,β-unsaturated/α-hetero) is 1. The van der Waals surface area contributed by atoms with E-state index in [1.165, 1.54) is 0 Å². The Labute approximate surface area is 97.8 Å². The number of hydrogen-bond acceptors (Lipinski definition) is 2. The molecule has 0 saturated carbocycles. The maximum absolute atomic E-state index is 11.9. The van der Waals surface area contributed by atoms with Gasteiger partial charge in [-0.15, -0.1) is 0 Å². The number of nitrogens with one attached hydrogen (secondary N) is 1. The molecule has 0 bridgehead atoms. The quantitative estimate of drug-likeness (QED) is 0.591. The molecule has 0 aliphatic heterocycles. The highest BCUT2D eigenvalue weighted by molar-refractivity contribution is 5.99. The average Bonchev–Trinajstić information content (AvgIpc) is 2.52. The third kappa shape index (κ3) is 2.95. The largest absolute Gasteiger partial charge is 0.351 e. The maximum atomic E-state index is 11.9. The minimum absolute atomic E-state index is 0.192. The van der Waals surface area contributed by atoms with E-state index in [1.54, 1.807) is 0 Å². The van der Waals surface area contributed by atoms with Gasteiger partial charge in [0, 0.05) is 24.0 Å². The SMILES string of the molecule is CCCCNCC(=O)c1cc(C)n(C)c1C. The van der Waals surface area contributed by atoms with Crippen LogP contribution >= 0.6 is 0 Å². The second-order valence-electron chi connectivity index (χ2n) is 4.30. The van der Waals surface area contributed by atoms with Crippen molar-refractivity contribution >= 4 is 5.78 Å². The Morgan fingerprint density at radius 1 is 1.44 bits per heavy atom. The smallest absolute Gasteiger partial charge is 0.178 e. The topological polar surface area (TPSA) is 34.0 Å². The first-order chi connectivity index (χ1) is 7.57. The van der Waals surface area contributed by atoms with Crippen molar-refractivity contribution in [2.45, 2.75) is 33.6 Å². The van der Waals surface area contributed by atoms with Crippen LogP contribution < -0.4 is 5.32 Å². The van der Waals surface area contributed by atoms with Crippen LogP contribution in [0, 0.1) is 13.8 Å². The first kappa shape index (κ1) is 13.0. The molecule has 0 radical (unpaired) electrons. The van der Waals surface area contributed by atoms with Crippen molar-refractivity contribution in [3.8, 4) is 0 Å². The molecule has 1 N–H and O–H groups in total. The molecule has 0 aromatic carbocycles. The van der Waals surface area contributed by atoms with E-state index in [4.69, 9.17) is 0 Å². The number of carbonyl (C=O) groups excluding carboxylic acids is 1. The lowest BCUT2D eigenvalue weighted by Crippen LogP contribution is -2.24. The summed E-state index contributed by atoms with van der Waals surface area (Å²) >= 11 is 0. The number of carbonyl (C=O) groups is 1. The number of aryl methyl sites for hydroxylation is 1. The molecule has 0 aliphatic rings. The molecule has 16 heavy (non-hydrogen) atoms. The summed E-state index contributed by atoms with van der Waals surface area (Å²) < 4.78 is 2.05. The van der Waals surface area contributed by atoms with Gasteiger partial charge in [0.2, 0.25) is 0 Å². The molecule has 1 rings (SSSR count). The van der Waals surface area contributed by atoms with Gasteiger partial charge >= 0.3 is 0 Å². The minimum atomic E-state index is 0.192. The van der Waals surface area contributed by atoms with E-state index < -0.39 is 0 Å². The van der Waals surface area contributed by atoms with Crippen LogP contribution in [0.2, 0.25) is 0 Å². The van der Waals surface area contributed by atoms with Gasteiger partial charge in [-0.25, -0.2) is 0 Å². The van der Waals surface area contributed by atoms with Crippen molar-refractivity contribution in [3.63, 3.8) is 0 Å². The molecule has 1 heterocycles. The minimum Gasteiger partial charge on any atom is -0.351 e. The van der Waals surface area contributed by atoms with Crippen LogP contribution in [0.1, 0.15) is 41.5 Å². The molecule has 1 aromatic rings. The van der Waals surface area contributed by atoms with E-state index in [0.717, 1.165) is 36.3 Å². The number of unbranched alkanes of at least 4 members (excludes halogenated alkanes) is 1. The van der Waals surface area contributed by atoms with Gasteiger partial charge in [-0.1, -0.05) is 13.3 Å². The van der Waals surface area contributed by atoms with E-state index in [-0.39, 0.29) is 5.78 Å². The molecule has 3 heteroatoms. The predicted octanol–water partition coefficient (Wildman–Crippen LogP) is 2.21. The molecule has 3 nitrogen and oxygen atoms in total. The molecule has 0 amide bonds. The molecule has 0 saturated heterocycles. The van der Waals surface area contributed by atoms with Crippen LogP contribution in [0.4, 0.5) is 0 Å². The fraction of sp³-hybridized carbons (Fsp3) is 0.615. The van der Waals surface area contributed by atoms with Gasteiger partial charge < -0.3 is 9.88 Å². The van der Waals surface area contributed by atoms with Crippen molar-refractivity contribution in [1.29, 1.82) is 0 Å². The van der Waals surface area contributed by atoms with E-state index >= 15 is 0 Å². The maximum Gasteiger partial charge on any atom is 0.178 e. The molecular formula is C13H22N2O. The lowest BCUT2D eigenvalue weighted by atomic mass is 10.1. The number of hydrogen-bond donors (Lipinski definition) is 1. The number of rotatable bonds is 6. The second kappa shape index (κ2) is 5.85. The highest BCUT2D eigenvalue weighted by Gasteiger charge is 2.12. The third-order valence-electron chi connectivity index (χ3n) is 3.07. The fourth-order valence-electron chi connectivity index (χ4n) is 1.74. The second-order valence-corrected chi connectivity index (χ2v) is 4.30. The predicted molar refractivity (Wildman–Crippen MR) is 67.0 cm³/mol. The summed E-state index contributed by atoms with van der Waals surface area (Å²) in [5.74, 6) is 0.192. The Hall–Kier alpha value is -1.09. The zero-order chi connectivity index (χ0) is 12.1. The molecule has 90 valence electrons. The average molecular weight is 222 g/mol. The summed E-state index contributed by atoms with van der Waals surface area (Å²) in [6.07, 6.45) is 2.28. The standard InChI is InChI=1S/C13H22N2O/c1-5-6-7-14-9-13(16)12-8-10(2)15(4)11(12)3/h8,14H,5-7,9H2,1-4H3. The summed E-state index contributed by atoms with van der Waals surface area (Å²) in [6, 6.07) is 1.97. The zero-order valence-electron chi connectivity index (χ0n) is 10.8. The monoisotopic (exact) mass is 222 g/mol. The van der Waals surface area contributed by atoms with Crippen molar-refractivity contribution in [3.05, 3.63) is 23.0 Å². The van der Waals surface area contributed by atoms with Crippen LogP contribution in [0.3, 0.4) is 0 Å². The number of aromatic nitrogens is 1. The highest BCUT2D eigenvalue weighted by Crippen LogP contribution is 2.13. The molecule has 0 atom stereocenters. The molecule has 1 aromatic heterocycles. The Kier molecular flexibility index (Phi) is 4.74. The first-order valence-electron chi connectivity index (χ1n) is 5.94. The lowest BCUT2D eigenvalue weighted by Gasteiger charge is -2.04. The van der Waals surface area contributed by atoms with Crippen LogP contribution in [0.5, 0.6) is 0 Å². The number of nitrogens with zero attached hydrogens (tertiary/aromatic N) is 1. The first-order valence-corrected chi connectivity index (χ1v) is 5.94. The molecule has 0 unspecified atom stereocenters. The molecule has 0 fully saturated rings. The Morgan fingerprint density at radius 2 is 2.12 bits per heavy atom. The van der Waals surface area contributed by atoms with E-state index in [1.807, 2.05) is 27.0 Å². The van der Waals surface area contributed by atoms with Crippen molar-refractivity contribution < 1.29 is 4.79 Å². The van der Waals surface area contributed by atoms with Gasteiger partial charge in [0.15, 0.2) is 5.78 Å². The molecule has 0 spiro atoms. The Balaban J connectivity index is 2.56. The Bertz CT molecular complexity index is 366. The van der Waals surface area contributed by atoms with Crippen LogP contribution in [0.15, 0.2) is 6.07 Å². The van der Waals surface area contributed by atoms with Crippen molar-refractivity contribution in [2.75, 3.05) is 13.1 Å². The van der Waals surface area contributed by atoms with E-state index in [0.29, 0.717) is 6.54 Å². The van der Waals surface area contributed by atoms with Gasteiger partial charge in [0.1, 0.15) is 0 Å². The van der Waals surface area contributed by atoms with Crippen molar-refractivity contribution in [1.82, 2.24) is 9.88 Å². The van der Waals surface area contributed by atoms with Gasteiger partial charge in [0.05, 0.1) is 6.54 Å². The summed E-state index contributed by atoms with van der Waals surface area (Å²) in [6.45, 7) is 7.53. The van der Waals surface area contributed by atoms with Gasteiger partial charge in [-0.2, -0.15) is 0 Å². The normalized spacial score (nSPS) is 10.8. The van der Waals surface area contributed by atoms with Crippen LogP contribution in [0.25, 0.3) is 0 Å². The third-order valence-corrected chi connectivity index (χ3v) is 3.07. The van der Waals surface area contributed by atoms with Gasteiger partial charge in [-0.3, -0.25) is 4.79 Å². The number of ketones is 1. The molecule has 0 aliphatic carbocycles. The molecular weight excluding hydrogens is 200 g/mol. The van der Waals surface area contributed by atoms with Gasteiger partial charge in [0.25, 0.3) is 0 Å². The highest BCUT2D eigenvalue weighted by atomic mass is 16.1. The summed E-state index contributed by atoms with van der Waals surface area (Å²) in [4.78, 5) is 11.9. The summed E-state index contributed by atoms with van der Waals surface area (Å²) in [5, 5.41) is 3.18. The van der Waals surface area contributed by atoms with Gasteiger partial charge in [-0.05, 0) is 32.9 Å². The van der Waals surface area contributed by atoms with Crippen LogP contribution in [-0.4, -0.2) is 23.4 Å². The summed E-state index contributed by atoms with van der Waals surface area (Å²) in [7, 11) is 1.99. The van der Waals surface area contributed by atoms with Crippen LogP contribution in [-0.2, 0) is 7.05 Å². The Morgan fingerprint density at radius 3 is 2.62 bits per heavy atom. The zero-order valence-corrected chi connectivity index (χ0v) is 10.8. The lowest BCUT2D eigenvalue weighted by molar-refractivity contribution is 0.0990.